The number of carbonyl (C=O) groups is 1. The van der Waals surface area contributed by atoms with Crippen molar-refractivity contribution in [1.82, 2.24) is 14.3 Å². The first kappa shape index (κ1) is 17.6. The maximum Gasteiger partial charge on any atom is 0.255 e. The number of hydrogen-bond donors (Lipinski definition) is 1. The number of anilines is 1. The van der Waals surface area contributed by atoms with Gasteiger partial charge in [0.1, 0.15) is 12.4 Å². The minimum absolute atomic E-state index is 0.164. The summed E-state index contributed by atoms with van der Waals surface area (Å²) < 4.78 is 9.53. The van der Waals surface area contributed by atoms with Crippen LogP contribution < -0.4 is 10.1 Å². The van der Waals surface area contributed by atoms with E-state index in [9.17, 15) is 4.79 Å². The van der Waals surface area contributed by atoms with E-state index in [0.29, 0.717) is 30.2 Å². The van der Waals surface area contributed by atoms with Gasteiger partial charge in [-0.1, -0.05) is 12.1 Å². The van der Waals surface area contributed by atoms with Gasteiger partial charge in [0.2, 0.25) is 0 Å². The standard InChI is InChI=1S/C22H20N4O2/c27-22(18-6-3-8-20(16-18)25-11-1-2-12-25)24-19-7-4-9-21(17-19)28-15-14-26-13-5-10-23-26/h1-13,16-17H,14-15H2,(H,24,27). The predicted molar refractivity (Wildman–Crippen MR) is 108 cm³/mol. The number of aromatic nitrogens is 3. The molecule has 0 spiro atoms. The van der Waals surface area contributed by atoms with Gasteiger partial charge in [0, 0.05) is 47.8 Å². The van der Waals surface area contributed by atoms with Crippen LogP contribution in [0.3, 0.4) is 0 Å². The van der Waals surface area contributed by atoms with Gasteiger partial charge in [-0.25, -0.2) is 0 Å². The molecule has 28 heavy (non-hydrogen) atoms. The van der Waals surface area contributed by atoms with Gasteiger partial charge >= 0.3 is 0 Å². The molecule has 2 aromatic heterocycles. The fourth-order valence-corrected chi connectivity index (χ4v) is 2.87. The van der Waals surface area contributed by atoms with Crippen molar-refractivity contribution >= 4 is 11.6 Å². The Bertz CT molecular complexity index is 1040. The summed E-state index contributed by atoms with van der Waals surface area (Å²) in [4.78, 5) is 12.6. The third-order valence-corrected chi connectivity index (χ3v) is 4.25. The molecule has 0 saturated carbocycles. The molecule has 0 bridgehead atoms. The molecule has 0 aliphatic carbocycles. The van der Waals surface area contributed by atoms with Crippen LogP contribution in [0.2, 0.25) is 0 Å². The van der Waals surface area contributed by atoms with Crippen LogP contribution in [-0.4, -0.2) is 26.9 Å². The van der Waals surface area contributed by atoms with Gasteiger partial charge in [0.05, 0.1) is 6.54 Å². The quantitative estimate of drug-likeness (QED) is 0.533. The number of nitrogens with one attached hydrogen (secondary N) is 1. The molecule has 0 fully saturated rings. The van der Waals surface area contributed by atoms with E-state index in [-0.39, 0.29) is 5.91 Å². The highest BCUT2D eigenvalue weighted by Crippen LogP contribution is 2.19. The monoisotopic (exact) mass is 372 g/mol. The second kappa shape index (κ2) is 8.26. The lowest BCUT2D eigenvalue weighted by atomic mass is 10.1. The van der Waals surface area contributed by atoms with Gasteiger partial charge in [-0.3, -0.25) is 9.48 Å². The summed E-state index contributed by atoms with van der Waals surface area (Å²) in [6, 6.07) is 20.7. The molecule has 0 saturated heterocycles. The van der Waals surface area contributed by atoms with Crippen molar-refractivity contribution < 1.29 is 9.53 Å². The number of rotatable bonds is 7. The average Bonchev–Trinajstić information content (AvgIpc) is 3.43. The Morgan fingerprint density at radius 2 is 1.82 bits per heavy atom. The molecule has 1 amide bonds. The summed E-state index contributed by atoms with van der Waals surface area (Å²) in [7, 11) is 0. The Morgan fingerprint density at radius 1 is 0.964 bits per heavy atom. The van der Waals surface area contributed by atoms with E-state index in [1.165, 1.54) is 0 Å². The van der Waals surface area contributed by atoms with Crippen LogP contribution in [0.15, 0.2) is 91.5 Å². The zero-order chi connectivity index (χ0) is 19.2. The number of amides is 1. The van der Waals surface area contributed by atoms with Gasteiger partial charge in [0.15, 0.2) is 0 Å². The van der Waals surface area contributed by atoms with Crippen molar-refractivity contribution in [3.8, 4) is 11.4 Å². The van der Waals surface area contributed by atoms with Gasteiger partial charge in [-0.15, -0.1) is 0 Å². The first-order valence-electron chi connectivity index (χ1n) is 9.03. The van der Waals surface area contributed by atoms with Crippen molar-refractivity contribution in [3.63, 3.8) is 0 Å². The molecule has 1 N–H and O–H groups in total. The smallest absolute Gasteiger partial charge is 0.255 e. The first-order chi connectivity index (χ1) is 13.8. The SMILES string of the molecule is O=C(Nc1cccc(OCCn2cccn2)c1)c1cccc(-n2cccc2)c1. The van der Waals surface area contributed by atoms with Crippen LogP contribution in [0, 0.1) is 0 Å². The Kier molecular flexibility index (Phi) is 5.20. The van der Waals surface area contributed by atoms with Crippen molar-refractivity contribution in [1.29, 1.82) is 0 Å². The molecule has 4 aromatic rings. The molecule has 140 valence electrons. The van der Waals surface area contributed by atoms with E-state index in [4.69, 9.17) is 4.74 Å². The van der Waals surface area contributed by atoms with Crippen LogP contribution in [0.25, 0.3) is 5.69 Å². The molecular formula is C22H20N4O2. The molecule has 0 aliphatic heterocycles. The Hall–Kier alpha value is -3.80. The lowest BCUT2D eigenvalue weighted by molar-refractivity contribution is 0.102. The summed E-state index contributed by atoms with van der Waals surface area (Å²) >= 11 is 0. The molecule has 6 heteroatoms. The Labute approximate surface area is 163 Å². The van der Waals surface area contributed by atoms with E-state index in [1.54, 1.807) is 12.3 Å². The van der Waals surface area contributed by atoms with Gasteiger partial charge < -0.3 is 14.6 Å². The molecule has 6 nitrogen and oxygen atoms in total. The lowest BCUT2D eigenvalue weighted by Crippen LogP contribution is -2.12. The highest BCUT2D eigenvalue weighted by Gasteiger charge is 2.08. The van der Waals surface area contributed by atoms with Gasteiger partial charge in [-0.2, -0.15) is 5.10 Å². The molecular weight excluding hydrogens is 352 g/mol. The average molecular weight is 372 g/mol. The normalized spacial score (nSPS) is 10.6. The number of carbonyl (C=O) groups excluding carboxylic acids is 1. The Balaban J connectivity index is 1.40. The maximum absolute atomic E-state index is 12.6. The van der Waals surface area contributed by atoms with Gasteiger partial charge in [-0.05, 0) is 48.5 Å². The van der Waals surface area contributed by atoms with E-state index in [2.05, 4.69) is 10.4 Å². The first-order valence-corrected chi connectivity index (χ1v) is 9.03. The maximum atomic E-state index is 12.6. The van der Waals surface area contributed by atoms with Crippen LogP contribution in [0.5, 0.6) is 5.75 Å². The highest BCUT2D eigenvalue weighted by atomic mass is 16.5. The zero-order valence-electron chi connectivity index (χ0n) is 15.2. The molecule has 0 radical (unpaired) electrons. The topological polar surface area (TPSA) is 61.1 Å². The van der Waals surface area contributed by atoms with Crippen molar-refractivity contribution in [3.05, 3.63) is 97.1 Å². The zero-order valence-corrected chi connectivity index (χ0v) is 15.2. The molecule has 0 unspecified atom stereocenters. The van der Waals surface area contributed by atoms with E-state index >= 15 is 0 Å². The molecule has 2 aromatic carbocycles. The Morgan fingerprint density at radius 3 is 2.64 bits per heavy atom. The second-order valence-corrected chi connectivity index (χ2v) is 6.24. The van der Waals surface area contributed by atoms with Crippen molar-refractivity contribution in [2.24, 2.45) is 0 Å². The summed E-state index contributed by atoms with van der Waals surface area (Å²) in [5.74, 6) is 0.536. The summed E-state index contributed by atoms with van der Waals surface area (Å²) in [5.41, 5.74) is 2.22. The summed E-state index contributed by atoms with van der Waals surface area (Å²) in [5, 5.41) is 7.07. The minimum Gasteiger partial charge on any atom is -0.492 e. The molecule has 4 rings (SSSR count). The second-order valence-electron chi connectivity index (χ2n) is 6.24. The van der Waals surface area contributed by atoms with Crippen molar-refractivity contribution in [2.75, 3.05) is 11.9 Å². The number of ether oxygens (including phenoxy) is 1. The van der Waals surface area contributed by atoms with Crippen LogP contribution in [0.4, 0.5) is 5.69 Å². The minimum atomic E-state index is -0.164. The van der Waals surface area contributed by atoms with Crippen LogP contribution in [-0.2, 0) is 6.54 Å². The molecule has 0 aliphatic rings. The summed E-state index contributed by atoms with van der Waals surface area (Å²) in [6.45, 7) is 1.16. The fourth-order valence-electron chi connectivity index (χ4n) is 2.87. The van der Waals surface area contributed by atoms with Crippen LogP contribution >= 0.6 is 0 Å². The van der Waals surface area contributed by atoms with Crippen molar-refractivity contribution in [2.45, 2.75) is 6.54 Å². The number of nitrogens with zero attached hydrogens (tertiary/aromatic N) is 3. The van der Waals surface area contributed by atoms with Crippen LogP contribution in [0.1, 0.15) is 10.4 Å². The largest absolute Gasteiger partial charge is 0.492 e. The predicted octanol–water partition coefficient (Wildman–Crippen LogP) is 4.01. The third-order valence-electron chi connectivity index (χ3n) is 4.25. The fraction of sp³-hybridized carbons (Fsp3) is 0.0909. The highest BCUT2D eigenvalue weighted by molar-refractivity contribution is 6.04. The van der Waals surface area contributed by atoms with Gasteiger partial charge in [0.25, 0.3) is 5.91 Å². The molecule has 0 atom stereocenters. The lowest BCUT2D eigenvalue weighted by Gasteiger charge is -2.10. The van der Waals surface area contributed by atoms with E-state index < -0.39 is 0 Å². The van der Waals surface area contributed by atoms with E-state index in [1.807, 2.05) is 88.5 Å². The molecule has 2 heterocycles. The van der Waals surface area contributed by atoms with E-state index in [0.717, 1.165) is 5.69 Å². The number of hydrogen-bond acceptors (Lipinski definition) is 3. The summed E-state index contributed by atoms with van der Waals surface area (Å²) in [6.07, 6.45) is 7.52. The third kappa shape index (κ3) is 4.29. The number of benzene rings is 2.